The molecule has 1 unspecified atom stereocenters. The summed E-state index contributed by atoms with van der Waals surface area (Å²) in [6.45, 7) is 0.497. The number of aliphatic hydroxyl groups is 1. The van der Waals surface area contributed by atoms with Crippen LogP contribution in [0.25, 0.3) is 20.7 Å². The number of benzene rings is 2. The second kappa shape index (κ2) is 9.06. The van der Waals surface area contributed by atoms with Crippen LogP contribution in [0.3, 0.4) is 0 Å². The maximum Gasteiger partial charge on any atom is 0.271 e. The zero-order valence-corrected chi connectivity index (χ0v) is 17.4. The molecule has 8 heteroatoms. The number of hydrogen-bond donors (Lipinski definition) is 1. The molecule has 30 heavy (non-hydrogen) atoms. The maximum absolute atomic E-state index is 13.1. The first kappa shape index (κ1) is 20.7. The van der Waals surface area contributed by atoms with Gasteiger partial charge in [-0.1, -0.05) is 35.9 Å². The first-order valence-corrected chi connectivity index (χ1v) is 10.4. The van der Waals surface area contributed by atoms with Gasteiger partial charge in [-0.3, -0.25) is 9.36 Å². The Balaban J connectivity index is 1.43. The smallest absolute Gasteiger partial charge is 0.271 e. The molecule has 1 N–H and O–H groups in total. The normalized spacial score (nSPS) is 12.4. The van der Waals surface area contributed by atoms with E-state index in [-0.39, 0.29) is 24.5 Å². The number of halogens is 2. The fourth-order valence-corrected chi connectivity index (χ4v) is 4.20. The molecule has 0 aliphatic heterocycles. The lowest BCUT2D eigenvalue weighted by Crippen LogP contribution is -2.29. The Hall–Kier alpha value is -2.58. The molecule has 2 aromatic carbocycles. The highest BCUT2D eigenvalue weighted by Gasteiger charge is 2.13. The molecule has 0 radical (unpaired) electrons. The topological polar surface area (TPSA) is 64.4 Å². The van der Waals surface area contributed by atoms with Crippen molar-refractivity contribution in [2.24, 2.45) is 0 Å². The molecule has 2 heterocycles. The Bertz CT molecular complexity index is 1210. The van der Waals surface area contributed by atoms with Crippen LogP contribution in [0.5, 0.6) is 0 Å². The summed E-state index contributed by atoms with van der Waals surface area (Å²) in [5.74, 6) is -0.312. The van der Waals surface area contributed by atoms with Gasteiger partial charge in [0.2, 0.25) is 0 Å². The van der Waals surface area contributed by atoms with Crippen LogP contribution in [0, 0.1) is 5.82 Å². The molecular formula is C22H18ClFN2O3S. The molecular weight excluding hydrogens is 427 g/mol. The van der Waals surface area contributed by atoms with E-state index in [1.165, 1.54) is 34.4 Å². The van der Waals surface area contributed by atoms with E-state index in [1.807, 2.05) is 18.2 Å². The summed E-state index contributed by atoms with van der Waals surface area (Å²) in [6, 6.07) is 15.2. The van der Waals surface area contributed by atoms with E-state index in [4.69, 9.17) is 16.3 Å². The highest BCUT2D eigenvalue weighted by Crippen LogP contribution is 2.30. The van der Waals surface area contributed by atoms with E-state index < -0.39 is 6.10 Å². The van der Waals surface area contributed by atoms with Crippen molar-refractivity contribution in [3.05, 3.63) is 87.7 Å². The number of aromatic nitrogens is 2. The highest BCUT2D eigenvalue weighted by atomic mass is 35.5. The minimum Gasteiger partial charge on any atom is -0.389 e. The molecule has 4 rings (SSSR count). The van der Waals surface area contributed by atoms with Crippen molar-refractivity contribution < 1.29 is 14.2 Å². The third-order valence-electron chi connectivity index (χ3n) is 4.53. The van der Waals surface area contributed by atoms with Gasteiger partial charge >= 0.3 is 0 Å². The molecule has 0 aliphatic carbocycles. The summed E-state index contributed by atoms with van der Waals surface area (Å²) in [5, 5.41) is 10.9. The van der Waals surface area contributed by atoms with Crippen LogP contribution in [0.1, 0.15) is 5.56 Å². The van der Waals surface area contributed by atoms with E-state index >= 15 is 0 Å². The minimum atomic E-state index is -0.856. The van der Waals surface area contributed by atoms with Crippen molar-refractivity contribution in [3.63, 3.8) is 0 Å². The second-order valence-electron chi connectivity index (χ2n) is 6.83. The van der Waals surface area contributed by atoms with Crippen molar-refractivity contribution in [1.82, 2.24) is 9.55 Å². The molecule has 0 spiro atoms. The number of rotatable bonds is 7. The van der Waals surface area contributed by atoms with Gasteiger partial charge in [-0.15, -0.1) is 11.3 Å². The molecule has 4 aromatic rings. The van der Waals surface area contributed by atoms with Crippen molar-refractivity contribution in [2.45, 2.75) is 19.3 Å². The number of nitrogens with zero attached hydrogens (tertiary/aromatic N) is 2. The molecule has 5 nitrogen and oxygen atoms in total. The molecule has 0 bridgehead atoms. The highest BCUT2D eigenvalue weighted by molar-refractivity contribution is 7.22. The van der Waals surface area contributed by atoms with Crippen LogP contribution < -0.4 is 5.56 Å². The molecule has 0 saturated heterocycles. The van der Waals surface area contributed by atoms with Crippen LogP contribution in [0.2, 0.25) is 5.02 Å². The van der Waals surface area contributed by atoms with Gasteiger partial charge in [0.1, 0.15) is 10.5 Å². The summed E-state index contributed by atoms with van der Waals surface area (Å²) in [4.78, 5) is 18.0. The lowest BCUT2D eigenvalue weighted by atomic mass is 10.2. The third kappa shape index (κ3) is 4.76. The van der Waals surface area contributed by atoms with E-state index in [1.54, 1.807) is 24.3 Å². The first-order valence-electron chi connectivity index (χ1n) is 9.25. The Kier molecular flexibility index (Phi) is 6.24. The summed E-state index contributed by atoms with van der Waals surface area (Å²) in [6.07, 6.45) is 0.569. The summed E-state index contributed by atoms with van der Waals surface area (Å²) in [5.41, 5.74) is 2.11. The molecule has 0 aliphatic rings. The SMILES string of the molecule is O=c1c2sc(-c3ccc(F)cc3)cc2ncn1CC(O)COCc1ccc(Cl)cc1. The third-order valence-corrected chi connectivity index (χ3v) is 5.95. The Labute approximate surface area is 181 Å². The number of thiophene rings is 1. The second-order valence-corrected chi connectivity index (χ2v) is 8.32. The monoisotopic (exact) mass is 444 g/mol. The van der Waals surface area contributed by atoms with Gasteiger partial charge in [-0.2, -0.15) is 0 Å². The van der Waals surface area contributed by atoms with Gasteiger partial charge in [0.05, 0.1) is 37.7 Å². The number of aliphatic hydroxyl groups excluding tert-OH is 1. The van der Waals surface area contributed by atoms with Gasteiger partial charge < -0.3 is 9.84 Å². The van der Waals surface area contributed by atoms with Crippen molar-refractivity contribution >= 4 is 33.2 Å². The van der Waals surface area contributed by atoms with E-state index in [0.717, 1.165) is 16.0 Å². The van der Waals surface area contributed by atoms with Crippen molar-refractivity contribution in [3.8, 4) is 10.4 Å². The maximum atomic E-state index is 13.1. The molecule has 2 aromatic heterocycles. The summed E-state index contributed by atoms with van der Waals surface area (Å²) >= 11 is 7.15. The molecule has 0 amide bonds. The molecule has 0 fully saturated rings. The lowest BCUT2D eigenvalue weighted by Gasteiger charge is -2.13. The van der Waals surface area contributed by atoms with Gasteiger partial charge in [-0.05, 0) is 41.5 Å². The minimum absolute atomic E-state index is 0.0756. The number of fused-ring (bicyclic) bond motifs is 1. The number of hydrogen-bond acceptors (Lipinski definition) is 5. The standard InChI is InChI=1S/C22H18ClFN2O3S/c23-16-5-1-14(2-6-16)11-29-12-18(27)10-26-13-25-19-9-20(30-21(19)22(26)28)15-3-7-17(24)8-4-15/h1-9,13,18,27H,10-12H2. The fourth-order valence-electron chi connectivity index (χ4n) is 3.00. The summed E-state index contributed by atoms with van der Waals surface area (Å²) in [7, 11) is 0. The van der Waals surface area contributed by atoms with Gasteiger partial charge in [0, 0.05) is 9.90 Å². The average Bonchev–Trinajstić information content (AvgIpc) is 3.17. The average molecular weight is 445 g/mol. The van der Waals surface area contributed by atoms with E-state index in [9.17, 15) is 14.3 Å². The Morgan fingerprint density at radius 2 is 1.90 bits per heavy atom. The zero-order valence-electron chi connectivity index (χ0n) is 15.8. The molecule has 1 atom stereocenters. The Morgan fingerprint density at radius 3 is 2.63 bits per heavy atom. The van der Waals surface area contributed by atoms with Crippen LogP contribution in [0.15, 0.2) is 65.7 Å². The predicted molar refractivity (Wildman–Crippen MR) is 116 cm³/mol. The predicted octanol–water partition coefficient (Wildman–Crippen LogP) is 4.50. The van der Waals surface area contributed by atoms with Crippen LogP contribution >= 0.6 is 22.9 Å². The van der Waals surface area contributed by atoms with Gasteiger partial charge in [-0.25, -0.2) is 9.37 Å². The van der Waals surface area contributed by atoms with Crippen LogP contribution in [-0.4, -0.2) is 27.4 Å². The molecule has 154 valence electrons. The fraction of sp³-hybridized carbons (Fsp3) is 0.182. The number of ether oxygens (including phenoxy) is 1. The zero-order chi connectivity index (χ0) is 21.1. The largest absolute Gasteiger partial charge is 0.389 e. The summed E-state index contributed by atoms with van der Waals surface area (Å²) < 4.78 is 20.6. The van der Waals surface area contributed by atoms with Crippen molar-refractivity contribution in [2.75, 3.05) is 6.61 Å². The van der Waals surface area contributed by atoms with Crippen molar-refractivity contribution in [1.29, 1.82) is 0 Å². The van der Waals surface area contributed by atoms with Gasteiger partial charge in [0.25, 0.3) is 5.56 Å². The molecule has 0 saturated carbocycles. The first-order chi connectivity index (χ1) is 14.5. The van der Waals surface area contributed by atoms with Crippen LogP contribution in [0.4, 0.5) is 4.39 Å². The quantitative estimate of drug-likeness (QED) is 0.456. The van der Waals surface area contributed by atoms with E-state index in [0.29, 0.717) is 21.8 Å². The van der Waals surface area contributed by atoms with Gasteiger partial charge in [0.15, 0.2) is 0 Å². The van der Waals surface area contributed by atoms with E-state index in [2.05, 4.69) is 4.98 Å². The lowest BCUT2D eigenvalue weighted by molar-refractivity contribution is 0.0198. The Morgan fingerprint density at radius 1 is 1.17 bits per heavy atom. The van der Waals surface area contributed by atoms with Crippen LogP contribution in [-0.2, 0) is 17.9 Å².